The predicted molar refractivity (Wildman–Crippen MR) is 98.6 cm³/mol. The van der Waals surface area contributed by atoms with Crippen LogP contribution in [0.3, 0.4) is 0 Å². The van der Waals surface area contributed by atoms with E-state index >= 15 is 0 Å². The molecule has 0 bridgehead atoms. The molecular formula is C20H16N2O4. The standard InChI is InChI=1S/C20H16N2O4/c1-22-15-8-7-13(10-12(15)6-9-19(22)24)21-20(25)18-11-16(23)14-4-2-3-5-17(14)26-18/h2-5,7-8,10-11H,6,9H2,1H3,(H,21,25). The Kier molecular flexibility index (Phi) is 3.80. The van der Waals surface area contributed by atoms with E-state index in [1.54, 1.807) is 48.3 Å². The molecule has 0 saturated carbocycles. The quantitative estimate of drug-likeness (QED) is 0.772. The maximum Gasteiger partial charge on any atom is 0.291 e. The van der Waals surface area contributed by atoms with Gasteiger partial charge < -0.3 is 14.6 Å². The molecule has 2 aromatic carbocycles. The average molecular weight is 348 g/mol. The number of carbonyl (C=O) groups is 2. The molecule has 0 saturated heterocycles. The van der Waals surface area contributed by atoms with Crippen molar-refractivity contribution in [2.75, 3.05) is 17.3 Å². The van der Waals surface area contributed by atoms with E-state index in [0.29, 0.717) is 29.5 Å². The second-order valence-corrected chi connectivity index (χ2v) is 6.22. The summed E-state index contributed by atoms with van der Waals surface area (Å²) in [5.74, 6) is -0.459. The van der Waals surface area contributed by atoms with E-state index in [1.807, 2.05) is 6.07 Å². The summed E-state index contributed by atoms with van der Waals surface area (Å²) in [7, 11) is 1.74. The summed E-state index contributed by atoms with van der Waals surface area (Å²) >= 11 is 0. The number of nitrogens with one attached hydrogen (secondary N) is 1. The number of fused-ring (bicyclic) bond motifs is 2. The van der Waals surface area contributed by atoms with Gasteiger partial charge in [-0.25, -0.2) is 0 Å². The van der Waals surface area contributed by atoms with Crippen molar-refractivity contribution in [3.8, 4) is 0 Å². The summed E-state index contributed by atoms with van der Waals surface area (Å²) in [6, 6.07) is 13.4. The van der Waals surface area contributed by atoms with E-state index < -0.39 is 5.91 Å². The monoisotopic (exact) mass is 348 g/mol. The minimum atomic E-state index is -0.493. The maximum atomic E-state index is 12.5. The summed E-state index contributed by atoms with van der Waals surface area (Å²) in [6.45, 7) is 0. The summed E-state index contributed by atoms with van der Waals surface area (Å²) in [6.07, 6.45) is 1.08. The number of hydrogen-bond acceptors (Lipinski definition) is 4. The second-order valence-electron chi connectivity index (χ2n) is 6.22. The number of para-hydroxylation sites is 1. The lowest BCUT2D eigenvalue weighted by Gasteiger charge is -2.26. The molecule has 6 nitrogen and oxygen atoms in total. The molecular weight excluding hydrogens is 332 g/mol. The highest BCUT2D eigenvalue weighted by Gasteiger charge is 2.21. The molecule has 1 aromatic heterocycles. The Balaban J connectivity index is 1.63. The molecule has 130 valence electrons. The largest absolute Gasteiger partial charge is 0.451 e. The molecule has 0 spiro atoms. The molecule has 4 rings (SSSR count). The van der Waals surface area contributed by atoms with Crippen molar-refractivity contribution >= 4 is 34.2 Å². The Bertz CT molecular complexity index is 1100. The van der Waals surface area contributed by atoms with Crippen LogP contribution in [0.15, 0.2) is 57.7 Å². The number of nitrogens with zero attached hydrogens (tertiary/aromatic N) is 1. The van der Waals surface area contributed by atoms with Crippen LogP contribution in [-0.2, 0) is 11.2 Å². The SMILES string of the molecule is CN1C(=O)CCc2cc(NC(=O)c3cc(=O)c4ccccc4o3)ccc21. The van der Waals surface area contributed by atoms with E-state index in [-0.39, 0.29) is 17.1 Å². The Labute approximate surface area is 149 Å². The number of aryl methyl sites for hydroxylation is 1. The van der Waals surface area contributed by atoms with Gasteiger partial charge in [0, 0.05) is 30.9 Å². The van der Waals surface area contributed by atoms with Crippen LogP contribution in [0, 0.1) is 0 Å². The fourth-order valence-electron chi connectivity index (χ4n) is 3.14. The van der Waals surface area contributed by atoms with Gasteiger partial charge in [-0.2, -0.15) is 0 Å². The summed E-state index contributed by atoms with van der Waals surface area (Å²) in [5.41, 5.74) is 2.53. The van der Waals surface area contributed by atoms with Gasteiger partial charge >= 0.3 is 0 Å². The molecule has 0 atom stereocenters. The summed E-state index contributed by atoms with van der Waals surface area (Å²) in [5, 5.41) is 3.19. The van der Waals surface area contributed by atoms with Crippen LogP contribution in [0.1, 0.15) is 22.5 Å². The molecule has 0 unspecified atom stereocenters. The number of anilines is 2. The van der Waals surface area contributed by atoms with Gasteiger partial charge in [0.2, 0.25) is 5.91 Å². The molecule has 1 aliphatic heterocycles. The molecule has 3 aromatic rings. The fraction of sp³-hybridized carbons (Fsp3) is 0.150. The lowest BCUT2D eigenvalue weighted by atomic mass is 10.0. The first-order valence-electron chi connectivity index (χ1n) is 8.26. The number of benzene rings is 2. The van der Waals surface area contributed by atoms with Gasteiger partial charge in [0.1, 0.15) is 5.58 Å². The highest BCUT2D eigenvalue weighted by atomic mass is 16.3. The van der Waals surface area contributed by atoms with Crippen molar-refractivity contribution in [3.05, 3.63) is 70.1 Å². The molecule has 1 N–H and O–H groups in total. The third-order valence-electron chi connectivity index (χ3n) is 4.54. The van der Waals surface area contributed by atoms with Gasteiger partial charge in [0.25, 0.3) is 5.91 Å². The average Bonchev–Trinajstić information content (AvgIpc) is 2.65. The third kappa shape index (κ3) is 2.75. The first-order chi connectivity index (χ1) is 12.5. The first kappa shape index (κ1) is 16.1. The zero-order chi connectivity index (χ0) is 18.3. The van der Waals surface area contributed by atoms with Gasteiger partial charge in [-0.05, 0) is 42.3 Å². The van der Waals surface area contributed by atoms with E-state index in [0.717, 1.165) is 11.3 Å². The van der Waals surface area contributed by atoms with Crippen LogP contribution in [0.25, 0.3) is 11.0 Å². The van der Waals surface area contributed by atoms with Gasteiger partial charge in [-0.15, -0.1) is 0 Å². The van der Waals surface area contributed by atoms with E-state index in [2.05, 4.69) is 5.32 Å². The zero-order valence-electron chi connectivity index (χ0n) is 14.1. The van der Waals surface area contributed by atoms with Crippen molar-refractivity contribution in [2.24, 2.45) is 0 Å². The Morgan fingerprint density at radius 1 is 1.08 bits per heavy atom. The first-order valence-corrected chi connectivity index (χ1v) is 8.26. The smallest absolute Gasteiger partial charge is 0.291 e. The van der Waals surface area contributed by atoms with Crippen LogP contribution in [0.5, 0.6) is 0 Å². The second kappa shape index (κ2) is 6.15. The molecule has 0 fully saturated rings. The lowest BCUT2D eigenvalue weighted by Crippen LogP contribution is -2.31. The van der Waals surface area contributed by atoms with Crippen molar-refractivity contribution in [1.29, 1.82) is 0 Å². The number of carbonyl (C=O) groups excluding carboxylic acids is 2. The van der Waals surface area contributed by atoms with E-state index in [1.165, 1.54) is 6.07 Å². The van der Waals surface area contributed by atoms with Gasteiger partial charge in [0.05, 0.1) is 5.39 Å². The highest BCUT2D eigenvalue weighted by molar-refractivity contribution is 6.03. The van der Waals surface area contributed by atoms with E-state index in [4.69, 9.17) is 4.42 Å². The van der Waals surface area contributed by atoms with E-state index in [9.17, 15) is 14.4 Å². The van der Waals surface area contributed by atoms with Crippen molar-refractivity contribution in [2.45, 2.75) is 12.8 Å². The Morgan fingerprint density at radius 3 is 2.73 bits per heavy atom. The number of rotatable bonds is 2. The van der Waals surface area contributed by atoms with Crippen LogP contribution >= 0.6 is 0 Å². The Morgan fingerprint density at radius 2 is 1.88 bits per heavy atom. The number of hydrogen-bond donors (Lipinski definition) is 1. The van der Waals surface area contributed by atoms with Crippen molar-refractivity contribution in [1.82, 2.24) is 0 Å². The molecule has 2 heterocycles. The van der Waals surface area contributed by atoms with Crippen LogP contribution in [0.4, 0.5) is 11.4 Å². The molecule has 26 heavy (non-hydrogen) atoms. The molecule has 0 aliphatic carbocycles. The molecule has 0 radical (unpaired) electrons. The fourth-order valence-corrected chi connectivity index (χ4v) is 3.14. The Hall–Kier alpha value is -3.41. The molecule has 1 aliphatic rings. The van der Waals surface area contributed by atoms with Gasteiger partial charge in [0.15, 0.2) is 11.2 Å². The molecule has 2 amide bonds. The summed E-state index contributed by atoms with van der Waals surface area (Å²) in [4.78, 5) is 38.0. The minimum Gasteiger partial charge on any atom is -0.451 e. The topological polar surface area (TPSA) is 79.6 Å². The number of amides is 2. The van der Waals surface area contributed by atoms with Gasteiger partial charge in [-0.3, -0.25) is 14.4 Å². The van der Waals surface area contributed by atoms with Crippen LogP contribution in [-0.4, -0.2) is 18.9 Å². The normalized spacial score (nSPS) is 13.6. The summed E-state index contributed by atoms with van der Waals surface area (Å²) < 4.78 is 5.56. The van der Waals surface area contributed by atoms with Crippen LogP contribution in [0.2, 0.25) is 0 Å². The lowest BCUT2D eigenvalue weighted by molar-refractivity contribution is -0.118. The highest BCUT2D eigenvalue weighted by Crippen LogP contribution is 2.29. The zero-order valence-corrected chi connectivity index (χ0v) is 14.1. The van der Waals surface area contributed by atoms with Crippen molar-refractivity contribution < 1.29 is 14.0 Å². The maximum absolute atomic E-state index is 12.5. The van der Waals surface area contributed by atoms with Gasteiger partial charge in [-0.1, -0.05) is 12.1 Å². The minimum absolute atomic E-state index is 0.0429. The molecule has 6 heteroatoms. The third-order valence-corrected chi connectivity index (χ3v) is 4.54. The predicted octanol–water partition coefficient (Wildman–Crippen LogP) is 2.95. The van der Waals surface area contributed by atoms with Crippen LogP contribution < -0.4 is 15.6 Å². The van der Waals surface area contributed by atoms with Crippen molar-refractivity contribution in [3.63, 3.8) is 0 Å².